The molecule has 1 aliphatic heterocycles. The maximum absolute atomic E-state index is 5.19. The Balaban J connectivity index is 0.000000701. The van der Waals surface area contributed by atoms with Gasteiger partial charge in [-0.1, -0.05) is 45.1 Å². The van der Waals surface area contributed by atoms with Crippen molar-refractivity contribution in [2.45, 2.75) is 52.2 Å². The standard InChI is InChI=1S/C19H28N2Si.2ClH.Ti/c1-19(2,3)20-22(4,5)18-12-11-17(21-13-6-7-14-21)15-9-8-10-16(15)18;;;/h8-12H,6-7,13-14H2,1-5H3;2*1H;/q-1;;;+2/p-2. The van der Waals surface area contributed by atoms with Crippen LogP contribution in [-0.2, 0) is 17.0 Å². The molecule has 137 valence electrons. The molecule has 5 radical (unpaired) electrons. The van der Waals surface area contributed by atoms with Crippen LogP contribution in [0.2, 0.25) is 13.1 Å². The number of allylic oxidation sites excluding steroid dienone is 4. The van der Waals surface area contributed by atoms with Crippen molar-refractivity contribution in [1.29, 1.82) is 0 Å². The van der Waals surface area contributed by atoms with E-state index in [2.05, 4.69) is 70.2 Å². The van der Waals surface area contributed by atoms with Gasteiger partial charge in [0.15, 0.2) is 0 Å². The Hall–Kier alpha value is 0.751. The van der Waals surface area contributed by atoms with Crippen LogP contribution in [0.4, 0.5) is 0 Å². The predicted molar refractivity (Wildman–Crippen MR) is 109 cm³/mol. The molecule has 0 amide bonds. The molecule has 0 bridgehead atoms. The molecule has 3 rings (SSSR count). The van der Waals surface area contributed by atoms with E-state index in [1.807, 2.05) is 0 Å². The second-order valence-electron chi connectivity index (χ2n) is 8.09. The van der Waals surface area contributed by atoms with Crippen LogP contribution in [0.5, 0.6) is 0 Å². The molecule has 0 aromatic rings. The van der Waals surface area contributed by atoms with Gasteiger partial charge in [-0.2, -0.15) is 0 Å². The number of fused-ring (bicyclic) bond motifs is 1. The summed E-state index contributed by atoms with van der Waals surface area (Å²) in [4.78, 5) is 7.74. The summed E-state index contributed by atoms with van der Waals surface area (Å²) in [6.45, 7) is 13.8. The van der Waals surface area contributed by atoms with Gasteiger partial charge in [0.1, 0.15) is 0 Å². The van der Waals surface area contributed by atoms with Gasteiger partial charge >= 0.3 is 35.6 Å². The van der Waals surface area contributed by atoms with E-state index in [1.165, 1.54) is 48.7 Å². The van der Waals surface area contributed by atoms with Crippen LogP contribution >= 0.6 is 18.6 Å². The molecule has 0 atom stereocenters. The first-order valence-corrected chi connectivity index (χ1v) is 16.1. The Labute approximate surface area is 172 Å². The SMILES string of the molecule is CC(C)(C)[N-][Si](C)(C)C1=CC=C(N2CCCC2)[C]2[CH][CH][CH][C]21.[Cl][Ti][Cl]. The van der Waals surface area contributed by atoms with E-state index in [9.17, 15) is 0 Å². The van der Waals surface area contributed by atoms with Crippen molar-refractivity contribution in [3.05, 3.63) is 59.1 Å². The van der Waals surface area contributed by atoms with Gasteiger partial charge < -0.3 is 9.88 Å². The van der Waals surface area contributed by atoms with Crippen molar-refractivity contribution < 1.29 is 17.0 Å². The molecular formula is C19H28Cl2N2SiTi-. The van der Waals surface area contributed by atoms with Gasteiger partial charge in [0, 0.05) is 30.6 Å². The van der Waals surface area contributed by atoms with Crippen LogP contribution in [-0.4, -0.2) is 31.8 Å². The minimum absolute atomic E-state index is 0.0300. The second kappa shape index (κ2) is 9.30. The van der Waals surface area contributed by atoms with E-state index in [0.29, 0.717) is 0 Å². The zero-order valence-corrected chi connectivity index (χ0v) is 19.9. The molecule has 1 saturated heterocycles. The molecule has 6 heteroatoms. The van der Waals surface area contributed by atoms with E-state index in [4.69, 9.17) is 23.6 Å². The number of hydrogen-bond donors (Lipinski definition) is 0. The van der Waals surface area contributed by atoms with Crippen LogP contribution in [0.1, 0.15) is 33.6 Å². The third kappa shape index (κ3) is 5.86. The van der Waals surface area contributed by atoms with Crippen molar-refractivity contribution in [2.75, 3.05) is 13.1 Å². The van der Waals surface area contributed by atoms with E-state index in [0.717, 1.165) is 0 Å². The Morgan fingerprint density at radius 1 is 1.04 bits per heavy atom. The average Bonchev–Trinajstić information content (AvgIpc) is 3.16. The number of halogens is 2. The molecule has 1 saturated carbocycles. The maximum atomic E-state index is 5.19. The quantitative estimate of drug-likeness (QED) is 0.503. The summed E-state index contributed by atoms with van der Waals surface area (Å²) < 4.78 is 0. The van der Waals surface area contributed by atoms with E-state index in [-0.39, 0.29) is 5.54 Å². The number of hydrogen-bond acceptors (Lipinski definition) is 1. The molecule has 1 heterocycles. The first-order valence-electron chi connectivity index (χ1n) is 8.84. The van der Waals surface area contributed by atoms with Crippen LogP contribution in [0.3, 0.4) is 0 Å². The Morgan fingerprint density at radius 2 is 1.60 bits per heavy atom. The molecule has 0 spiro atoms. The van der Waals surface area contributed by atoms with Gasteiger partial charge in [0.25, 0.3) is 0 Å². The van der Waals surface area contributed by atoms with Crippen molar-refractivity contribution in [1.82, 2.24) is 4.90 Å². The topological polar surface area (TPSA) is 17.3 Å². The molecule has 2 fully saturated rings. The van der Waals surface area contributed by atoms with Crippen LogP contribution in [0.15, 0.2) is 23.0 Å². The first-order chi connectivity index (χ1) is 11.7. The van der Waals surface area contributed by atoms with Gasteiger partial charge in [-0.15, -0.1) is 5.54 Å². The van der Waals surface area contributed by atoms with Crippen molar-refractivity contribution >= 4 is 26.8 Å². The van der Waals surface area contributed by atoms with Crippen molar-refractivity contribution in [3.63, 3.8) is 0 Å². The molecular weight excluding hydrogens is 403 g/mol. The average molecular weight is 431 g/mol. The molecule has 3 aliphatic rings. The fraction of sp³-hybridized carbons (Fsp3) is 0.526. The fourth-order valence-corrected chi connectivity index (χ4v) is 7.05. The summed E-state index contributed by atoms with van der Waals surface area (Å²) in [5.41, 5.74) is 1.45. The third-order valence-electron chi connectivity index (χ3n) is 4.51. The second-order valence-corrected chi connectivity index (χ2v) is 14.6. The number of rotatable bonds is 3. The van der Waals surface area contributed by atoms with Crippen molar-refractivity contribution in [2.24, 2.45) is 0 Å². The summed E-state index contributed by atoms with van der Waals surface area (Å²) in [6, 6.07) is 0. The molecule has 0 aromatic heterocycles. The fourth-order valence-electron chi connectivity index (χ4n) is 3.89. The number of likely N-dealkylation sites (tertiary alicyclic amines) is 1. The monoisotopic (exact) mass is 430 g/mol. The normalized spacial score (nSPS) is 22.1. The van der Waals surface area contributed by atoms with E-state index < -0.39 is 25.3 Å². The van der Waals surface area contributed by atoms with Crippen LogP contribution < -0.4 is 0 Å². The molecule has 0 unspecified atom stereocenters. The minimum atomic E-state index is -1.80. The van der Waals surface area contributed by atoms with Gasteiger partial charge in [0.05, 0.1) is 0 Å². The van der Waals surface area contributed by atoms with Gasteiger partial charge in [0.2, 0.25) is 0 Å². The van der Waals surface area contributed by atoms with E-state index >= 15 is 0 Å². The zero-order valence-electron chi connectivity index (χ0n) is 15.9. The summed E-state index contributed by atoms with van der Waals surface area (Å²) in [5, 5.41) is 1.48. The van der Waals surface area contributed by atoms with Gasteiger partial charge in [-0.05, 0) is 46.4 Å². The zero-order chi connectivity index (χ0) is 18.7. The van der Waals surface area contributed by atoms with Crippen molar-refractivity contribution in [3.8, 4) is 0 Å². The number of nitrogens with zero attached hydrogens (tertiary/aromatic N) is 2. The summed E-state index contributed by atoms with van der Waals surface area (Å²) in [6.07, 6.45) is 14.1. The van der Waals surface area contributed by atoms with Gasteiger partial charge in [-0.3, -0.25) is 0 Å². The third-order valence-corrected chi connectivity index (χ3v) is 7.49. The Bertz CT molecular complexity index is 508. The van der Waals surface area contributed by atoms with Crippen LogP contribution in [0.25, 0.3) is 4.98 Å². The Kier molecular flexibility index (Phi) is 8.20. The molecule has 25 heavy (non-hydrogen) atoms. The molecule has 2 aliphatic carbocycles. The van der Waals surface area contributed by atoms with Gasteiger partial charge in [-0.25, -0.2) is 0 Å². The molecule has 0 aromatic carbocycles. The molecule has 0 N–H and O–H groups in total. The molecule has 2 nitrogen and oxygen atoms in total. The Morgan fingerprint density at radius 3 is 2.16 bits per heavy atom. The summed E-state index contributed by atoms with van der Waals surface area (Å²) in [5.74, 6) is 2.85. The van der Waals surface area contributed by atoms with Crippen LogP contribution in [0, 0.1) is 31.1 Å². The van der Waals surface area contributed by atoms with E-state index in [1.54, 1.807) is 0 Å². The summed E-state index contributed by atoms with van der Waals surface area (Å²) in [7, 11) is 7.98. The first kappa shape index (κ1) is 22.0. The predicted octanol–water partition coefficient (Wildman–Crippen LogP) is 5.97. The summed E-state index contributed by atoms with van der Waals surface area (Å²) >= 11 is -0.556.